The number of nitrogens with one attached hydrogen (secondary N) is 1. The maximum atomic E-state index is 12.5. The van der Waals surface area contributed by atoms with Crippen LogP contribution in [0, 0.1) is 5.92 Å². The van der Waals surface area contributed by atoms with Gasteiger partial charge in [0.2, 0.25) is 10.0 Å². The van der Waals surface area contributed by atoms with Crippen molar-refractivity contribution in [2.24, 2.45) is 11.7 Å². The van der Waals surface area contributed by atoms with Gasteiger partial charge in [-0.15, -0.1) is 0 Å². The first-order valence-corrected chi connectivity index (χ1v) is 8.35. The van der Waals surface area contributed by atoms with E-state index in [4.69, 9.17) is 10.5 Å². The number of hydrogen-bond acceptors (Lipinski definition) is 4. The summed E-state index contributed by atoms with van der Waals surface area (Å²) in [5.74, 6) is 0.781. The molecule has 1 aliphatic rings. The lowest BCUT2D eigenvalue weighted by Crippen LogP contribution is -2.40. The molecule has 6 heteroatoms. The van der Waals surface area contributed by atoms with Gasteiger partial charge in [0.1, 0.15) is 10.6 Å². The molecule has 1 fully saturated rings. The molecule has 5 nitrogen and oxygen atoms in total. The van der Waals surface area contributed by atoms with Crippen molar-refractivity contribution in [1.29, 1.82) is 0 Å². The van der Waals surface area contributed by atoms with Gasteiger partial charge in [0.25, 0.3) is 0 Å². The standard InChI is InChI=1S/C14H22N2O3S/c1-10(12-4-3-5-12)16-20(17,18)14-8-11(9-15)6-7-13(14)19-2/h6-8,10,12,16H,3-5,9,15H2,1-2H3. The van der Waals surface area contributed by atoms with Crippen molar-refractivity contribution >= 4 is 10.0 Å². The summed E-state index contributed by atoms with van der Waals surface area (Å²) in [7, 11) is -2.12. The zero-order valence-electron chi connectivity index (χ0n) is 11.9. The molecule has 0 bridgehead atoms. The van der Waals surface area contributed by atoms with Gasteiger partial charge in [0.05, 0.1) is 7.11 Å². The summed E-state index contributed by atoms with van der Waals surface area (Å²) in [4.78, 5) is 0.161. The van der Waals surface area contributed by atoms with E-state index in [1.54, 1.807) is 18.2 Å². The molecule has 0 aromatic heterocycles. The fourth-order valence-electron chi connectivity index (χ4n) is 2.40. The van der Waals surface area contributed by atoms with Crippen molar-refractivity contribution in [2.45, 2.75) is 43.7 Å². The quantitative estimate of drug-likeness (QED) is 0.836. The lowest BCUT2D eigenvalue weighted by atomic mass is 9.81. The van der Waals surface area contributed by atoms with E-state index in [2.05, 4.69) is 4.72 Å². The Balaban J connectivity index is 2.27. The Morgan fingerprint density at radius 3 is 2.65 bits per heavy atom. The van der Waals surface area contributed by atoms with E-state index in [0.717, 1.165) is 18.4 Å². The SMILES string of the molecule is COc1ccc(CN)cc1S(=O)(=O)NC(C)C1CCC1. The molecule has 112 valence electrons. The summed E-state index contributed by atoms with van der Waals surface area (Å²) in [6.45, 7) is 2.21. The number of rotatable bonds is 6. The molecule has 1 atom stereocenters. The molecule has 0 saturated heterocycles. The Hall–Kier alpha value is -1.11. The Morgan fingerprint density at radius 2 is 2.15 bits per heavy atom. The van der Waals surface area contributed by atoms with Crippen molar-refractivity contribution in [3.05, 3.63) is 23.8 Å². The first-order chi connectivity index (χ1) is 9.47. The summed E-state index contributed by atoms with van der Waals surface area (Å²) in [5.41, 5.74) is 6.34. The second-order valence-electron chi connectivity index (χ2n) is 5.29. The minimum Gasteiger partial charge on any atom is -0.495 e. The molecule has 0 amide bonds. The average Bonchev–Trinajstić information content (AvgIpc) is 2.35. The molecule has 3 N–H and O–H groups in total. The largest absolute Gasteiger partial charge is 0.495 e. The molecule has 0 aliphatic heterocycles. The van der Waals surface area contributed by atoms with Crippen LogP contribution < -0.4 is 15.2 Å². The van der Waals surface area contributed by atoms with Crippen molar-refractivity contribution in [3.63, 3.8) is 0 Å². The van der Waals surface area contributed by atoms with Crippen molar-refractivity contribution < 1.29 is 13.2 Å². The second kappa shape index (κ2) is 6.11. The predicted molar refractivity (Wildman–Crippen MR) is 78.0 cm³/mol. The number of ether oxygens (including phenoxy) is 1. The molecular formula is C14H22N2O3S. The van der Waals surface area contributed by atoms with E-state index in [1.165, 1.54) is 13.5 Å². The monoisotopic (exact) mass is 298 g/mol. The first kappa shape index (κ1) is 15.3. The highest BCUT2D eigenvalue weighted by atomic mass is 32.2. The van der Waals surface area contributed by atoms with Crippen molar-refractivity contribution in [3.8, 4) is 5.75 Å². The third-order valence-corrected chi connectivity index (χ3v) is 5.53. The molecule has 0 radical (unpaired) electrons. The van der Waals surface area contributed by atoms with E-state index >= 15 is 0 Å². The third kappa shape index (κ3) is 3.13. The van der Waals surface area contributed by atoms with Gasteiger partial charge < -0.3 is 10.5 Å². The smallest absolute Gasteiger partial charge is 0.244 e. The molecular weight excluding hydrogens is 276 g/mol. The molecule has 0 heterocycles. The summed E-state index contributed by atoms with van der Waals surface area (Å²) in [6, 6.07) is 4.94. The van der Waals surface area contributed by atoms with Crippen LogP contribution in [0.2, 0.25) is 0 Å². The zero-order chi connectivity index (χ0) is 14.8. The van der Waals surface area contributed by atoms with Gasteiger partial charge in [-0.2, -0.15) is 0 Å². The second-order valence-corrected chi connectivity index (χ2v) is 6.97. The van der Waals surface area contributed by atoms with Crippen LogP contribution in [-0.4, -0.2) is 21.6 Å². The normalized spacial score (nSPS) is 17.6. The number of hydrogen-bond donors (Lipinski definition) is 2. The van der Waals surface area contributed by atoms with E-state index < -0.39 is 10.0 Å². The lowest BCUT2D eigenvalue weighted by molar-refractivity contribution is 0.260. The molecule has 1 aromatic rings. The molecule has 2 rings (SSSR count). The van der Waals surface area contributed by atoms with Gasteiger partial charge in [0.15, 0.2) is 0 Å². The number of benzene rings is 1. The van der Waals surface area contributed by atoms with E-state index in [-0.39, 0.29) is 10.9 Å². The molecule has 0 spiro atoms. The Bertz CT molecular complexity index is 568. The van der Waals surface area contributed by atoms with E-state index in [0.29, 0.717) is 18.2 Å². The molecule has 1 saturated carbocycles. The maximum Gasteiger partial charge on any atom is 0.244 e. The van der Waals surface area contributed by atoms with Crippen molar-refractivity contribution in [2.75, 3.05) is 7.11 Å². The predicted octanol–water partition coefficient (Wildman–Crippen LogP) is 1.62. The Morgan fingerprint density at radius 1 is 1.45 bits per heavy atom. The molecule has 1 aromatic carbocycles. The summed E-state index contributed by atoms with van der Waals surface area (Å²) >= 11 is 0. The van der Waals surface area contributed by atoms with Crippen LogP contribution >= 0.6 is 0 Å². The third-order valence-electron chi connectivity index (χ3n) is 3.95. The highest BCUT2D eigenvalue weighted by molar-refractivity contribution is 7.89. The Labute approximate surface area is 120 Å². The highest BCUT2D eigenvalue weighted by Crippen LogP contribution is 2.31. The maximum absolute atomic E-state index is 12.5. The van der Waals surface area contributed by atoms with Crippen LogP contribution in [0.25, 0.3) is 0 Å². The van der Waals surface area contributed by atoms with E-state index in [9.17, 15) is 8.42 Å². The van der Waals surface area contributed by atoms with Gasteiger partial charge >= 0.3 is 0 Å². The number of nitrogens with two attached hydrogens (primary N) is 1. The zero-order valence-corrected chi connectivity index (χ0v) is 12.7. The summed E-state index contributed by atoms with van der Waals surface area (Å²) < 4.78 is 32.9. The minimum absolute atomic E-state index is 0.0556. The lowest BCUT2D eigenvalue weighted by Gasteiger charge is -2.31. The van der Waals surface area contributed by atoms with Gasteiger partial charge in [-0.25, -0.2) is 13.1 Å². The minimum atomic E-state index is -3.59. The number of sulfonamides is 1. The van der Waals surface area contributed by atoms with E-state index in [1.807, 2.05) is 6.92 Å². The summed E-state index contributed by atoms with van der Waals surface area (Å²) in [6.07, 6.45) is 3.36. The molecule has 1 unspecified atom stereocenters. The van der Waals surface area contributed by atoms with Gasteiger partial charge in [-0.1, -0.05) is 12.5 Å². The van der Waals surface area contributed by atoms with Gasteiger partial charge in [-0.05, 0) is 43.4 Å². The first-order valence-electron chi connectivity index (χ1n) is 6.87. The van der Waals surface area contributed by atoms with Crippen LogP contribution in [0.15, 0.2) is 23.1 Å². The molecule has 1 aliphatic carbocycles. The topological polar surface area (TPSA) is 81.4 Å². The van der Waals surface area contributed by atoms with Gasteiger partial charge in [0, 0.05) is 12.6 Å². The highest BCUT2D eigenvalue weighted by Gasteiger charge is 2.29. The van der Waals surface area contributed by atoms with Crippen LogP contribution in [0.1, 0.15) is 31.7 Å². The number of methoxy groups -OCH3 is 1. The summed E-state index contributed by atoms with van der Waals surface area (Å²) in [5, 5.41) is 0. The van der Waals surface area contributed by atoms with Crippen LogP contribution in [0.4, 0.5) is 0 Å². The van der Waals surface area contributed by atoms with Crippen LogP contribution in [0.5, 0.6) is 5.75 Å². The molecule has 20 heavy (non-hydrogen) atoms. The van der Waals surface area contributed by atoms with Crippen LogP contribution in [-0.2, 0) is 16.6 Å². The fraction of sp³-hybridized carbons (Fsp3) is 0.571. The fourth-order valence-corrected chi connectivity index (χ4v) is 3.93. The Kier molecular flexibility index (Phi) is 4.67. The van der Waals surface area contributed by atoms with Crippen molar-refractivity contribution in [1.82, 2.24) is 4.72 Å². The van der Waals surface area contributed by atoms with Gasteiger partial charge in [-0.3, -0.25) is 0 Å². The average molecular weight is 298 g/mol. The van der Waals surface area contributed by atoms with Crippen LogP contribution in [0.3, 0.4) is 0 Å².